The Morgan fingerprint density at radius 3 is 3.06 bits per heavy atom. The average Bonchev–Trinajstić information content (AvgIpc) is 2.28. The van der Waals surface area contributed by atoms with Gasteiger partial charge in [-0.15, -0.1) is 0 Å². The number of amides is 1. The van der Waals surface area contributed by atoms with Crippen LogP contribution in [0.4, 0.5) is 0 Å². The molecule has 1 heterocycles. The lowest BCUT2D eigenvalue weighted by Gasteiger charge is -2.07. The molecule has 1 aromatic heterocycles. The molecule has 5 heteroatoms. The third-order valence-electron chi connectivity index (χ3n) is 2.05. The zero-order valence-electron chi connectivity index (χ0n) is 9.43. The molecule has 0 saturated heterocycles. The van der Waals surface area contributed by atoms with Crippen molar-refractivity contribution in [3.8, 4) is 5.75 Å². The smallest absolute Gasteiger partial charge is 0.270 e. The second-order valence-corrected chi connectivity index (χ2v) is 3.47. The lowest BCUT2D eigenvalue weighted by atomic mass is 10.2. The molecule has 1 aromatic rings. The molecule has 1 amide bonds. The van der Waals surface area contributed by atoms with Crippen LogP contribution in [0.2, 0.25) is 0 Å². The van der Waals surface area contributed by atoms with E-state index in [2.05, 4.69) is 10.3 Å². The highest BCUT2D eigenvalue weighted by atomic mass is 16.5. The van der Waals surface area contributed by atoms with Crippen LogP contribution in [0.1, 0.15) is 23.8 Å². The number of rotatable bonds is 5. The van der Waals surface area contributed by atoms with Crippen molar-refractivity contribution < 1.29 is 14.6 Å². The first-order valence-corrected chi connectivity index (χ1v) is 5.10. The fourth-order valence-electron chi connectivity index (χ4n) is 1.15. The van der Waals surface area contributed by atoms with Crippen LogP contribution in [0.5, 0.6) is 5.75 Å². The van der Waals surface area contributed by atoms with E-state index in [1.807, 2.05) is 0 Å². The van der Waals surface area contributed by atoms with Gasteiger partial charge in [-0.05, 0) is 19.4 Å². The quantitative estimate of drug-likeness (QED) is 0.768. The van der Waals surface area contributed by atoms with Gasteiger partial charge in [-0.2, -0.15) is 0 Å². The molecule has 1 atom stereocenters. The maximum absolute atomic E-state index is 11.6. The van der Waals surface area contributed by atoms with Crippen molar-refractivity contribution in [3.63, 3.8) is 0 Å². The number of aliphatic hydroxyl groups excluding tert-OH is 1. The third-order valence-corrected chi connectivity index (χ3v) is 2.05. The molecule has 88 valence electrons. The van der Waals surface area contributed by atoms with E-state index in [4.69, 9.17) is 9.84 Å². The van der Waals surface area contributed by atoms with E-state index in [-0.39, 0.29) is 5.91 Å². The molecule has 0 radical (unpaired) electrons. The van der Waals surface area contributed by atoms with E-state index in [0.29, 0.717) is 24.4 Å². The van der Waals surface area contributed by atoms with E-state index in [1.54, 1.807) is 19.1 Å². The number of carbonyl (C=O) groups is 1. The topological polar surface area (TPSA) is 71.5 Å². The van der Waals surface area contributed by atoms with E-state index in [9.17, 15) is 4.79 Å². The number of ether oxygens (including phenoxy) is 1. The van der Waals surface area contributed by atoms with Crippen molar-refractivity contribution >= 4 is 5.91 Å². The van der Waals surface area contributed by atoms with E-state index in [1.165, 1.54) is 13.3 Å². The van der Waals surface area contributed by atoms with Crippen molar-refractivity contribution in [2.24, 2.45) is 0 Å². The molecule has 0 aliphatic heterocycles. The molecular formula is C11H16N2O3. The second-order valence-electron chi connectivity index (χ2n) is 3.47. The molecule has 0 aliphatic carbocycles. The predicted octanol–water partition coefficient (Wildman–Crippen LogP) is 0.591. The number of pyridine rings is 1. The number of nitrogens with zero attached hydrogens (tertiary/aromatic N) is 1. The molecule has 0 saturated carbocycles. The molecule has 0 spiro atoms. The minimum absolute atomic E-state index is 0.264. The largest absolute Gasteiger partial charge is 0.497 e. The van der Waals surface area contributed by atoms with Crippen LogP contribution in [-0.2, 0) is 0 Å². The molecule has 0 bridgehead atoms. The van der Waals surface area contributed by atoms with E-state index in [0.717, 1.165) is 0 Å². The van der Waals surface area contributed by atoms with Crippen LogP contribution in [0, 0.1) is 0 Å². The van der Waals surface area contributed by atoms with Gasteiger partial charge in [0.2, 0.25) is 0 Å². The minimum atomic E-state index is -0.418. The predicted molar refractivity (Wildman–Crippen MR) is 59.4 cm³/mol. The first kappa shape index (κ1) is 12.4. The normalized spacial score (nSPS) is 11.9. The minimum Gasteiger partial charge on any atom is -0.497 e. The Balaban J connectivity index is 2.52. The fraction of sp³-hybridized carbons (Fsp3) is 0.455. The number of hydrogen-bond donors (Lipinski definition) is 2. The maximum Gasteiger partial charge on any atom is 0.270 e. The highest BCUT2D eigenvalue weighted by molar-refractivity contribution is 5.92. The van der Waals surface area contributed by atoms with Crippen molar-refractivity contribution in [1.29, 1.82) is 0 Å². The highest BCUT2D eigenvalue weighted by Crippen LogP contribution is 2.09. The van der Waals surface area contributed by atoms with Crippen LogP contribution < -0.4 is 10.1 Å². The van der Waals surface area contributed by atoms with Crippen LogP contribution in [0.25, 0.3) is 0 Å². The van der Waals surface area contributed by atoms with Gasteiger partial charge >= 0.3 is 0 Å². The van der Waals surface area contributed by atoms with Gasteiger partial charge < -0.3 is 15.2 Å². The highest BCUT2D eigenvalue weighted by Gasteiger charge is 2.07. The Morgan fingerprint density at radius 2 is 2.44 bits per heavy atom. The van der Waals surface area contributed by atoms with Gasteiger partial charge in [0.05, 0.1) is 13.2 Å². The maximum atomic E-state index is 11.6. The summed E-state index contributed by atoms with van der Waals surface area (Å²) in [6, 6.07) is 3.24. The molecular weight excluding hydrogens is 208 g/mol. The van der Waals surface area contributed by atoms with Crippen molar-refractivity contribution in [2.75, 3.05) is 13.7 Å². The third kappa shape index (κ3) is 3.86. The molecule has 0 aliphatic rings. The van der Waals surface area contributed by atoms with Gasteiger partial charge in [0.15, 0.2) is 0 Å². The summed E-state index contributed by atoms with van der Waals surface area (Å²) in [6.45, 7) is 2.10. The van der Waals surface area contributed by atoms with Gasteiger partial charge in [-0.25, -0.2) is 0 Å². The Morgan fingerprint density at radius 1 is 1.69 bits per heavy atom. The summed E-state index contributed by atoms with van der Waals surface area (Å²) in [4.78, 5) is 15.5. The Kier molecular flexibility index (Phi) is 4.72. The van der Waals surface area contributed by atoms with Gasteiger partial charge in [-0.3, -0.25) is 9.78 Å². The van der Waals surface area contributed by atoms with E-state index >= 15 is 0 Å². The standard InChI is InChI=1S/C11H16N2O3/c1-8(14)3-5-13-11(15)10-7-9(16-2)4-6-12-10/h4,6-8,14H,3,5H2,1-2H3,(H,13,15). The average molecular weight is 224 g/mol. The lowest BCUT2D eigenvalue weighted by Crippen LogP contribution is -2.27. The first-order chi connectivity index (χ1) is 7.63. The van der Waals surface area contributed by atoms with Crippen LogP contribution >= 0.6 is 0 Å². The monoisotopic (exact) mass is 224 g/mol. The number of nitrogens with one attached hydrogen (secondary N) is 1. The SMILES string of the molecule is COc1ccnc(C(=O)NCCC(C)O)c1. The Bertz CT molecular complexity index is 353. The van der Waals surface area contributed by atoms with Crippen molar-refractivity contribution in [2.45, 2.75) is 19.4 Å². The molecule has 0 fully saturated rings. The van der Waals surface area contributed by atoms with Gasteiger partial charge in [0.1, 0.15) is 11.4 Å². The van der Waals surface area contributed by atoms with E-state index < -0.39 is 6.10 Å². The van der Waals surface area contributed by atoms with Crippen LogP contribution in [-0.4, -0.2) is 35.8 Å². The van der Waals surface area contributed by atoms with Crippen LogP contribution in [0.3, 0.4) is 0 Å². The second kappa shape index (κ2) is 6.07. The van der Waals surface area contributed by atoms with Crippen molar-refractivity contribution in [1.82, 2.24) is 10.3 Å². The zero-order valence-corrected chi connectivity index (χ0v) is 9.43. The summed E-state index contributed by atoms with van der Waals surface area (Å²) in [5.41, 5.74) is 0.310. The Hall–Kier alpha value is -1.62. The molecule has 16 heavy (non-hydrogen) atoms. The number of methoxy groups -OCH3 is 1. The summed E-state index contributed by atoms with van der Waals surface area (Å²) < 4.78 is 4.99. The van der Waals surface area contributed by atoms with Gasteiger partial charge in [0, 0.05) is 18.8 Å². The molecule has 1 rings (SSSR count). The Labute approximate surface area is 94.5 Å². The summed E-state index contributed by atoms with van der Waals surface area (Å²) in [7, 11) is 1.53. The number of hydrogen-bond acceptors (Lipinski definition) is 4. The molecule has 1 unspecified atom stereocenters. The lowest BCUT2D eigenvalue weighted by molar-refractivity contribution is 0.0940. The van der Waals surface area contributed by atoms with Gasteiger partial charge in [0.25, 0.3) is 5.91 Å². The molecule has 2 N–H and O–H groups in total. The summed E-state index contributed by atoms with van der Waals surface area (Å²) in [5.74, 6) is 0.329. The number of carbonyl (C=O) groups excluding carboxylic acids is 1. The molecule has 5 nitrogen and oxygen atoms in total. The summed E-state index contributed by atoms with van der Waals surface area (Å²) in [6.07, 6.45) is 1.62. The van der Waals surface area contributed by atoms with Crippen molar-refractivity contribution in [3.05, 3.63) is 24.0 Å². The fourth-order valence-corrected chi connectivity index (χ4v) is 1.15. The first-order valence-electron chi connectivity index (χ1n) is 5.10. The molecule has 0 aromatic carbocycles. The summed E-state index contributed by atoms with van der Waals surface area (Å²) in [5, 5.41) is 11.7. The van der Waals surface area contributed by atoms with Gasteiger partial charge in [-0.1, -0.05) is 0 Å². The summed E-state index contributed by atoms with van der Waals surface area (Å²) >= 11 is 0. The van der Waals surface area contributed by atoms with Crippen LogP contribution in [0.15, 0.2) is 18.3 Å². The number of aliphatic hydroxyl groups is 1. The number of aromatic nitrogens is 1. The zero-order chi connectivity index (χ0) is 12.0.